The molecule has 0 saturated carbocycles. The number of hydrogen-bond acceptors (Lipinski definition) is 3. The van der Waals surface area contributed by atoms with Crippen LogP contribution in [0.15, 0.2) is 18.2 Å². The van der Waals surface area contributed by atoms with E-state index in [1.807, 2.05) is 6.07 Å². The van der Waals surface area contributed by atoms with Gasteiger partial charge in [0.25, 0.3) is 0 Å². The van der Waals surface area contributed by atoms with Crippen molar-refractivity contribution in [3.05, 3.63) is 29.6 Å². The maximum Gasteiger partial charge on any atom is 0.306 e. The molecule has 1 fully saturated rings. The van der Waals surface area contributed by atoms with Gasteiger partial charge in [0.2, 0.25) is 0 Å². The van der Waals surface area contributed by atoms with Crippen LogP contribution in [-0.4, -0.2) is 42.7 Å². The van der Waals surface area contributed by atoms with Crippen molar-refractivity contribution in [3.63, 3.8) is 0 Å². The number of likely N-dealkylation sites (tertiary alicyclic amines) is 1. The summed E-state index contributed by atoms with van der Waals surface area (Å²) in [5, 5.41) is 9.10. The maximum atomic E-state index is 13.7. The van der Waals surface area contributed by atoms with Gasteiger partial charge in [-0.05, 0) is 56.1 Å². The Morgan fingerprint density at radius 3 is 2.67 bits per heavy atom. The van der Waals surface area contributed by atoms with Crippen LogP contribution in [0, 0.1) is 11.7 Å². The molecule has 4 nitrogen and oxygen atoms in total. The fourth-order valence-corrected chi connectivity index (χ4v) is 3.35. The molecule has 0 unspecified atom stereocenters. The van der Waals surface area contributed by atoms with Crippen molar-refractivity contribution < 1.29 is 14.3 Å². The van der Waals surface area contributed by atoms with Gasteiger partial charge in [0.1, 0.15) is 5.82 Å². The third-order valence-corrected chi connectivity index (χ3v) is 4.88. The standard InChI is InChI=1S/C19H29FN2O2/c1-3-4-5-10-21(2)18-7-6-17(20)13-16(18)14-22-11-8-15(9-12-22)19(23)24/h6-7,13,15H,3-5,8-12,14H2,1-2H3,(H,23,24). The van der Waals surface area contributed by atoms with E-state index >= 15 is 0 Å². The molecule has 1 aromatic carbocycles. The molecule has 134 valence electrons. The van der Waals surface area contributed by atoms with Crippen LogP contribution in [0.5, 0.6) is 0 Å². The number of carboxylic acids is 1. The highest BCUT2D eigenvalue weighted by Crippen LogP contribution is 2.25. The molecule has 0 spiro atoms. The Morgan fingerprint density at radius 2 is 2.04 bits per heavy atom. The SMILES string of the molecule is CCCCCN(C)c1ccc(F)cc1CN1CCC(C(=O)O)CC1. The van der Waals surface area contributed by atoms with Gasteiger partial charge in [-0.1, -0.05) is 19.8 Å². The Balaban J connectivity index is 2.01. The van der Waals surface area contributed by atoms with Crippen molar-refractivity contribution in [1.29, 1.82) is 0 Å². The molecule has 0 bridgehead atoms. The molecule has 24 heavy (non-hydrogen) atoms. The van der Waals surface area contributed by atoms with Gasteiger partial charge < -0.3 is 10.0 Å². The Bertz CT molecular complexity index is 542. The molecule has 1 aliphatic rings. The zero-order valence-electron chi connectivity index (χ0n) is 14.8. The molecule has 1 saturated heterocycles. The summed E-state index contributed by atoms with van der Waals surface area (Å²) in [4.78, 5) is 15.5. The van der Waals surface area contributed by atoms with Crippen LogP contribution in [0.25, 0.3) is 0 Å². The van der Waals surface area contributed by atoms with Gasteiger partial charge in [0, 0.05) is 25.8 Å². The number of piperidine rings is 1. The van der Waals surface area contributed by atoms with E-state index in [4.69, 9.17) is 5.11 Å². The highest BCUT2D eigenvalue weighted by Gasteiger charge is 2.25. The lowest BCUT2D eigenvalue weighted by molar-refractivity contribution is -0.143. The predicted octanol–water partition coefficient (Wildman–Crippen LogP) is 3.75. The molecule has 1 N–H and O–H groups in total. The van der Waals surface area contributed by atoms with E-state index in [0.717, 1.165) is 37.3 Å². The summed E-state index contributed by atoms with van der Waals surface area (Å²) in [5.74, 6) is -1.14. The van der Waals surface area contributed by atoms with Crippen molar-refractivity contribution in [2.45, 2.75) is 45.6 Å². The zero-order valence-corrected chi connectivity index (χ0v) is 14.8. The predicted molar refractivity (Wildman–Crippen MR) is 94.8 cm³/mol. The van der Waals surface area contributed by atoms with E-state index in [2.05, 4.69) is 23.8 Å². The summed E-state index contributed by atoms with van der Waals surface area (Å²) in [5.41, 5.74) is 2.07. The number of rotatable bonds is 8. The monoisotopic (exact) mass is 336 g/mol. The molecule has 0 aromatic heterocycles. The van der Waals surface area contributed by atoms with Crippen LogP contribution in [-0.2, 0) is 11.3 Å². The summed E-state index contributed by atoms with van der Waals surface area (Å²) in [6, 6.07) is 5.00. The smallest absolute Gasteiger partial charge is 0.306 e. The number of nitrogens with zero attached hydrogens (tertiary/aromatic N) is 2. The van der Waals surface area contributed by atoms with Gasteiger partial charge >= 0.3 is 5.97 Å². The van der Waals surface area contributed by atoms with Gasteiger partial charge in [-0.3, -0.25) is 9.69 Å². The lowest BCUT2D eigenvalue weighted by Gasteiger charge is -2.31. The topological polar surface area (TPSA) is 43.8 Å². The number of benzene rings is 1. The van der Waals surface area contributed by atoms with Gasteiger partial charge in [0.15, 0.2) is 0 Å². The van der Waals surface area contributed by atoms with E-state index in [1.54, 1.807) is 6.07 Å². The first kappa shape index (κ1) is 18.7. The van der Waals surface area contributed by atoms with Crippen LogP contribution in [0.4, 0.5) is 10.1 Å². The van der Waals surface area contributed by atoms with Crippen LogP contribution >= 0.6 is 0 Å². The van der Waals surface area contributed by atoms with Gasteiger partial charge in [-0.15, -0.1) is 0 Å². The Kier molecular flexibility index (Phi) is 7.03. The molecular weight excluding hydrogens is 307 g/mol. The van der Waals surface area contributed by atoms with Crippen molar-refractivity contribution >= 4 is 11.7 Å². The second-order valence-corrected chi connectivity index (χ2v) is 6.79. The van der Waals surface area contributed by atoms with Crippen molar-refractivity contribution in [1.82, 2.24) is 4.90 Å². The molecular formula is C19H29FN2O2. The van der Waals surface area contributed by atoms with Gasteiger partial charge in [-0.25, -0.2) is 4.39 Å². The minimum Gasteiger partial charge on any atom is -0.481 e. The van der Waals surface area contributed by atoms with Gasteiger partial charge in [-0.2, -0.15) is 0 Å². The highest BCUT2D eigenvalue weighted by atomic mass is 19.1. The number of carbonyl (C=O) groups is 1. The third-order valence-electron chi connectivity index (χ3n) is 4.88. The van der Waals surface area contributed by atoms with Crippen molar-refractivity contribution in [2.24, 2.45) is 5.92 Å². The summed E-state index contributed by atoms with van der Waals surface area (Å²) in [6.07, 6.45) is 4.86. The molecule has 2 rings (SSSR count). The average Bonchev–Trinajstić information content (AvgIpc) is 2.55. The van der Waals surface area contributed by atoms with Crippen molar-refractivity contribution in [2.75, 3.05) is 31.6 Å². The minimum atomic E-state index is -0.697. The number of unbranched alkanes of at least 4 members (excludes halogenated alkanes) is 2. The number of aliphatic carboxylic acids is 1. The molecule has 0 aliphatic carbocycles. The minimum absolute atomic E-state index is 0.212. The Labute approximate surface area is 144 Å². The first-order chi connectivity index (χ1) is 11.5. The summed E-state index contributed by atoms with van der Waals surface area (Å²) in [7, 11) is 2.06. The number of hydrogen-bond donors (Lipinski definition) is 1. The lowest BCUT2D eigenvalue weighted by Crippen LogP contribution is -2.36. The van der Waals surface area contributed by atoms with Crippen molar-refractivity contribution in [3.8, 4) is 0 Å². The molecule has 0 amide bonds. The largest absolute Gasteiger partial charge is 0.481 e. The number of halogens is 1. The Morgan fingerprint density at radius 1 is 1.33 bits per heavy atom. The second-order valence-electron chi connectivity index (χ2n) is 6.79. The number of carboxylic acid groups (broad SMARTS) is 1. The summed E-state index contributed by atoms with van der Waals surface area (Å²) >= 11 is 0. The molecule has 1 aliphatic heterocycles. The third kappa shape index (κ3) is 5.20. The second kappa shape index (κ2) is 9.02. The molecule has 0 atom stereocenters. The molecule has 1 aromatic rings. The zero-order chi connectivity index (χ0) is 17.5. The molecule has 5 heteroatoms. The van der Waals surface area contributed by atoms with E-state index in [1.165, 1.54) is 18.9 Å². The fourth-order valence-electron chi connectivity index (χ4n) is 3.35. The molecule has 1 heterocycles. The van der Waals surface area contributed by atoms with Crippen LogP contribution in [0.2, 0.25) is 0 Å². The van der Waals surface area contributed by atoms with Gasteiger partial charge in [0.05, 0.1) is 5.92 Å². The maximum absolute atomic E-state index is 13.7. The van der Waals surface area contributed by atoms with E-state index < -0.39 is 5.97 Å². The molecule has 0 radical (unpaired) electrons. The van der Waals surface area contributed by atoms with Crippen LogP contribution in [0.1, 0.15) is 44.6 Å². The van der Waals surface area contributed by atoms with Crippen LogP contribution < -0.4 is 4.90 Å². The fraction of sp³-hybridized carbons (Fsp3) is 0.632. The van der Waals surface area contributed by atoms with E-state index in [0.29, 0.717) is 19.4 Å². The summed E-state index contributed by atoms with van der Waals surface area (Å²) in [6.45, 7) is 5.34. The average molecular weight is 336 g/mol. The summed E-state index contributed by atoms with van der Waals surface area (Å²) < 4.78 is 13.7. The first-order valence-corrected chi connectivity index (χ1v) is 8.96. The quantitative estimate of drug-likeness (QED) is 0.734. The Hall–Kier alpha value is -1.62. The highest BCUT2D eigenvalue weighted by molar-refractivity contribution is 5.70. The lowest BCUT2D eigenvalue weighted by atomic mass is 9.96. The van der Waals surface area contributed by atoms with E-state index in [-0.39, 0.29) is 11.7 Å². The number of anilines is 1. The normalized spacial score (nSPS) is 16.3. The first-order valence-electron chi connectivity index (χ1n) is 8.96. The van der Waals surface area contributed by atoms with Crippen LogP contribution in [0.3, 0.4) is 0 Å². The van der Waals surface area contributed by atoms with E-state index in [9.17, 15) is 9.18 Å².